The summed E-state index contributed by atoms with van der Waals surface area (Å²) in [5.41, 5.74) is 7.21. The van der Waals surface area contributed by atoms with Gasteiger partial charge in [0, 0.05) is 11.3 Å². The highest BCUT2D eigenvalue weighted by molar-refractivity contribution is 8.13. The standard InChI is InChI=1S/C13H13Cl2N3OS/c1-6-9(12(16)19)11(18-13(17-6)20-2)7-4-3-5-8(14)10(7)15/h3-5,11H,1-2H3,(H2,16,19)(H,17,18)/t11-/m0/s1. The monoisotopic (exact) mass is 329 g/mol. The second-order valence-corrected chi connectivity index (χ2v) is 5.79. The van der Waals surface area contributed by atoms with Crippen molar-refractivity contribution in [1.82, 2.24) is 5.32 Å². The largest absolute Gasteiger partial charge is 0.366 e. The van der Waals surface area contributed by atoms with Gasteiger partial charge >= 0.3 is 0 Å². The number of amidine groups is 1. The van der Waals surface area contributed by atoms with E-state index in [9.17, 15) is 4.79 Å². The molecule has 0 aliphatic carbocycles. The summed E-state index contributed by atoms with van der Waals surface area (Å²) in [4.78, 5) is 16.2. The van der Waals surface area contributed by atoms with Crippen molar-refractivity contribution in [2.24, 2.45) is 10.7 Å². The molecule has 3 N–H and O–H groups in total. The Labute approximate surface area is 131 Å². The van der Waals surface area contributed by atoms with Gasteiger partial charge in [-0.15, -0.1) is 0 Å². The van der Waals surface area contributed by atoms with Crippen molar-refractivity contribution < 1.29 is 4.79 Å². The quantitative estimate of drug-likeness (QED) is 0.875. The number of nitrogens with one attached hydrogen (secondary N) is 1. The van der Waals surface area contributed by atoms with Crippen LogP contribution in [0, 0.1) is 0 Å². The van der Waals surface area contributed by atoms with E-state index in [1.165, 1.54) is 11.8 Å². The normalized spacial score (nSPS) is 18.6. The van der Waals surface area contributed by atoms with Crippen LogP contribution in [0.25, 0.3) is 0 Å². The molecule has 1 atom stereocenters. The molecular formula is C13H13Cl2N3OS. The van der Waals surface area contributed by atoms with Crippen LogP contribution in [-0.2, 0) is 4.79 Å². The molecule has 7 heteroatoms. The van der Waals surface area contributed by atoms with Gasteiger partial charge in [-0.1, -0.05) is 47.1 Å². The molecule has 0 saturated heterocycles. The molecule has 1 aromatic rings. The summed E-state index contributed by atoms with van der Waals surface area (Å²) < 4.78 is 0. The van der Waals surface area contributed by atoms with Crippen LogP contribution in [0.1, 0.15) is 18.5 Å². The summed E-state index contributed by atoms with van der Waals surface area (Å²) in [6.45, 7) is 1.79. The van der Waals surface area contributed by atoms with Gasteiger partial charge in [-0.25, -0.2) is 4.99 Å². The second kappa shape index (κ2) is 6.08. The van der Waals surface area contributed by atoms with Crippen molar-refractivity contribution in [3.63, 3.8) is 0 Å². The molecule has 2 rings (SSSR count). The minimum Gasteiger partial charge on any atom is -0.366 e. The third-order valence-corrected chi connectivity index (χ3v) is 4.38. The number of hydrogen-bond donors (Lipinski definition) is 2. The molecule has 0 saturated carbocycles. The van der Waals surface area contributed by atoms with Crippen LogP contribution < -0.4 is 11.1 Å². The van der Waals surface area contributed by atoms with E-state index in [1.807, 2.05) is 6.26 Å². The van der Waals surface area contributed by atoms with Gasteiger partial charge in [0.2, 0.25) is 5.91 Å². The van der Waals surface area contributed by atoms with Crippen LogP contribution >= 0.6 is 35.0 Å². The lowest BCUT2D eigenvalue weighted by molar-refractivity contribution is -0.114. The van der Waals surface area contributed by atoms with Crippen LogP contribution in [0.4, 0.5) is 0 Å². The Bertz CT molecular complexity index is 628. The van der Waals surface area contributed by atoms with E-state index >= 15 is 0 Å². The number of allylic oxidation sites excluding steroid dienone is 1. The number of primary amides is 1. The van der Waals surface area contributed by atoms with Crippen molar-refractivity contribution in [3.05, 3.63) is 45.1 Å². The number of rotatable bonds is 2. The van der Waals surface area contributed by atoms with Crippen molar-refractivity contribution >= 4 is 46.0 Å². The third-order valence-electron chi connectivity index (χ3n) is 2.95. The van der Waals surface area contributed by atoms with E-state index in [0.29, 0.717) is 32.0 Å². The van der Waals surface area contributed by atoms with Gasteiger partial charge in [0.1, 0.15) is 6.04 Å². The number of aliphatic imine (C=N–C) groups is 1. The zero-order chi connectivity index (χ0) is 14.9. The number of amides is 1. The smallest absolute Gasteiger partial charge is 0.248 e. The lowest BCUT2D eigenvalue weighted by Gasteiger charge is -2.25. The van der Waals surface area contributed by atoms with Crippen LogP contribution in [0.5, 0.6) is 0 Å². The molecular weight excluding hydrogens is 317 g/mol. The minimum atomic E-state index is -0.539. The molecule has 0 aromatic heterocycles. The number of thioether (sulfide) groups is 1. The Morgan fingerprint density at radius 2 is 2.15 bits per heavy atom. The molecule has 1 aliphatic rings. The second-order valence-electron chi connectivity index (χ2n) is 4.21. The fraction of sp³-hybridized carbons (Fsp3) is 0.231. The van der Waals surface area contributed by atoms with Crippen LogP contribution in [-0.4, -0.2) is 17.3 Å². The highest BCUT2D eigenvalue weighted by Crippen LogP contribution is 2.38. The third kappa shape index (κ3) is 2.80. The van der Waals surface area contributed by atoms with E-state index < -0.39 is 11.9 Å². The van der Waals surface area contributed by atoms with Gasteiger partial charge in [-0.2, -0.15) is 0 Å². The van der Waals surface area contributed by atoms with Gasteiger partial charge in [-0.3, -0.25) is 4.79 Å². The Morgan fingerprint density at radius 1 is 1.45 bits per heavy atom. The van der Waals surface area contributed by atoms with Gasteiger partial charge in [0.15, 0.2) is 5.17 Å². The van der Waals surface area contributed by atoms with Crippen LogP contribution in [0.15, 0.2) is 34.5 Å². The van der Waals surface area contributed by atoms with E-state index in [4.69, 9.17) is 28.9 Å². The van der Waals surface area contributed by atoms with Crippen LogP contribution in [0.2, 0.25) is 10.0 Å². The summed E-state index contributed by atoms with van der Waals surface area (Å²) in [7, 11) is 0. The average molecular weight is 330 g/mol. The first-order valence-electron chi connectivity index (χ1n) is 5.79. The number of benzene rings is 1. The lowest BCUT2D eigenvalue weighted by Crippen LogP contribution is -2.32. The molecule has 1 aromatic carbocycles. The number of nitrogens with two attached hydrogens (primary N) is 1. The van der Waals surface area contributed by atoms with E-state index in [-0.39, 0.29) is 0 Å². The summed E-state index contributed by atoms with van der Waals surface area (Å²) in [5, 5.41) is 4.56. The van der Waals surface area contributed by atoms with Gasteiger partial charge < -0.3 is 11.1 Å². The number of halogens is 2. The lowest BCUT2D eigenvalue weighted by atomic mass is 9.96. The zero-order valence-electron chi connectivity index (χ0n) is 10.9. The molecule has 0 fully saturated rings. The fourth-order valence-corrected chi connectivity index (χ4v) is 2.90. The van der Waals surface area contributed by atoms with Crippen molar-refractivity contribution in [3.8, 4) is 0 Å². The fourth-order valence-electron chi connectivity index (χ4n) is 2.03. The van der Waals surface area contributed by atoms with Gasteiger partial charge in [-0.05, 0) is 19.2 Å². The van der Waals surface area contributed by atoms with Crippen molar-refractivity contribution in [2.45, 2.75) is 13.0 Å². The summed E-state index contributed by atoms with van der Waals surface area (Å²) >= 11 is 13.7. The van der Waals surface area contributed by atoms with Gasteiger partial charge in [0.05, 0.1) is 15.6 Å². The zero-order valence-corrected chi connectivity index (χ0v) is 13.2. The summed E-state index contributed by atoms with van der Waals surface area (Å²) in [6, 6.07) is 4.71. The first-order chi connectivity index (χ1) is 9.45. The molecule has 0 spiro atoms. The van der Waals surface area contributed by atoms with Gasteiger partial charge in [0.25, 0.3) is 0 Å². The molecule has 20 heavy (non-hydrogen) atoms. The highest BCUT2D eigenvalue weighted by Gasteiger charge is 2.29. The Morgan fingerprint density at radius 3 is 2.75 bits per heavy atom. The van der Waals surface area contributed by atoms with Crippen molar-refractivity contribution in [1.29, 1.82) is 0 Å². The minimum absolute atomic E-state index is 0.386. The molecule has 106 valence electrons. The molecule has 1 amide bonds. The SMILES string of the molecule is CSC1=N[C@@H](c2cccc(Cl)c2Cl)C(C(N)=O)=C(C)N1. The topological polar surface area (TPSA) is 67.5 Å². The number of hydrogen-bond acceptors (Lipinski definition) is 4. The average Bonchev–Trinajstić information content (AvgIpc) is 2.40. The Hall–Kier alpha value is -1.17. The maximum Gasteiger partial charge on any atom is 0.248 e. The molecule has 0 unspecified atom stereocenters. The summed E-state index contributed by atoms with van der Waals surface area (Å²) in [5.74, 6) is -0.528. The number of carbonyl (C=O) groups excluding carboxylic acids is 1. The Kier molecular flexibility index (Phi) is 4.62. The highest BCUT2D eigenvalue weighted by atomic mass is 35.5. The summed E-state index contributed by atoms with van der Waals surface area (Å²) in [6.07, 6.45) is 1.89. The first-order valence-corrected chi connectivity index (χ1v) is 7.77. The number of nitrogens with zero attached hydrogens (tertiary/aromatic N) is 1. The van der Waals surface area contributed by atoms with E-state index in [0.717, 1.165) is 0 Å². The molecule has 0 bridgehead atoms. The van der Waals surface area contributed by atoms with E-state index in [1.54, 1.807) is 25.1 Å². The molecule has 0 radical (unpaired) electrons. The first kappa shape index (κ1) is 15.2. The predicted molar refractivity (Wildman–Crippen MR) is 85.2 cm³/mol. The number of carbonyl (C=O) groups is 1. The molecule has 4 nitrogen and oxygen atoms in total. The van der Waals surface area contributed by atoms with Crippen molar-refractivity contribution in [2.75, 3.05) is 6.26 Å². The van der Waals surface area contributed by atoms with Crippen LogP contribution in [0.3, 0.4) is 0 Å². The molecule has 1 heterocycles. The van der Waals surface area contributed by atoms with E-state index in [2.05, 4.69) is 10.3 Å². The predicted octanol–water partition coefficient (Wildman–Crippen LogP) is 3.12. The maximum absolute atomic E-state index is 11.7. The Balaban J connectivity index is 2.60. The maximum atomic E-state index is 11.7. The molecule has 1 aliphatic heterocycles.